The summed E-state index contributed by atoms with van der Waals surface area (Å²) >= 11 is 0. The van der Waals surface area contributed by atoms with Crippen molar-refractivity contribution in [3.05, 3.63) is 53.9 Å². The fraction of sp³-hybridized carbons (Fsp3) is 0.550. The van der Waals surface area contributed by atoms with Gasteiger partial charge in [-0.15, -0.1) is 0 Å². The van der Waals surface area contributed by atoms with Crippen LogP contribution in [0.1, 0.15) is 17.0 Å². The molecule has 2 fully saturated rings. The lowest BCUT2D eigenvalue weighted by molar-refractivity contribution is 0.111. The number of hydrogen-bond acceptors (Lipinski definition) is 6. The van der Waals surface area contributed by atoms with Crippen LogP contribution in [0.2, 0.25) is 0 Å². The molecule has 0 aliphatic carbocycles. The average molecular weight is 353 g/mol. The molecule has 138 valence electrons. The van der Waals surface area contributed by atoms with Crippen LogP contribution in [0, 0.1) is 18.3 Å². The summed E-state index contributed by atoms with van der Waals surface area (Å²) < 4.78 is 0. The van der Waals surface area contributed by atoms with Gasteiger partial charge in [0.05, 0.1) is 6.61 Å². The van der Waals surface area contributed by atoms with Crippen LogP contribution in [-0.2, 0) is 13.0 Å². The molecule has 0 saturated carbocycles. The molecule has 6 nitrogen and oxygen atoms in total. The van der Waals surface area contributed by atoms with Crippen molar-refractivity contribution in [3.8, 4) is 0 Å². The summed E-state index contributed by atoms with van der Waals surface area (Å²) in [6, 6.07) is 6.23. The number of nitrogens with zero attached hydrogens (tertiary/aromatic N) is 5. The predicted octanol–water partition coefficient (Wildman–Crippen LogP) is 1.15. The second-order valence-electron chi connectivity index (χ2n) is 7.89. The minimum atomic E-state index is 0.00959. The Morgan fingerprint density at radius 3 is 2.65 bits per heavy atom. The van der Waals surface area contributed by atoms with E-state index in [0.717, 1.165) is 62.6 Å². The van der Waals surface area contributed by atoms with Crippen molar-refractivity contribution in [2.45, 2.75) is 19.9 Å². The summed E-state index contributed by atoms with van der Waals surface area (Å²) in [5.41, 5.74) is 3.39. The summed E-state index contributed by atoms with van der Waals surface area (Å²) in [6.45, 7) is 8.20. The Balaban J connectivity index is 1.34. The van der Waals surface area contributed by atoms with Gasteiger partial charge in [-0.2, -0.15) is 0 Å². The number of hydrogen-bond donors (Lipinski definition) is 1. The van der Waals surface area contributed by atoms with Crippen LogP contribution >= 0.6 is 0 Å². The van der Waals surface area contributed by atoms with Gasteiger partial charge in [0.2, 0.25) is 0 Å². The Labute approximate surface area is 154 Å². The number of aromatic nitrogens is 3. The highest BCUT2D eigenvalue weighted by Crippen LogP contribution is 2.42. The molecule has 4 heterocycles. The molecule has 2 saturated heterocycles. The van der Waals surface area contributed by atoms with Crippen LogP contribution in [0.3, 0.4) is 0 Å². The third-order valence-corrected chi connectivity index (χ3v) is 5.87. The van der Waals surface area contributed by atoms with E-state index in [9.17, 15) is 5.11 Å². The van der Waals surface area contributed by atoms with Crippen LogP contribution in [0.25, 0.3) is 0 Å². The van der Waals surface area contributed by atoms with E-state index in [1.54, 1.807) is 6.33 Å². The summed E-state index contributed by atoms with van der Waals surface area (Å²) in [6.07, 6.45) is 6.31. The first-order valence-electron chi connectivity index (χ1n) is 9.39. The molecular weight excluding hydrogens is 326 g/mol. The molecule has 4 rings (SSSR count). The predicted molar refractivity (Wildman–Crippen MR) is 99.4 cm³/mol. The highest BCUT2D eigenvalue weighted by Gasteiger charge is 2.51. The molecule has 0 radical (unpaired) electrons. The average Bonchev–Trinajstić information content (AvgIpc) is 3.14. The van der Waals surface area contributed by atoms with Gasteiger partial charge < -0.3 is 10.0 Å². The van der Waals surface area contributed by atoms with Crippen molar-refractivity contribution in [2.75, 3.05) is 39.3 Å². The molecule has 2 unspecified atom stereocenters. The normalized spacial score (nSPS) is 26.3. The lowest BCUT2D eigenvalue weighted by Crippen LogP contribution is -2.37. The first kappa shape index (κ1) is 17.5. The number of likely N-dealkylation sites (tertiary alicyclic amines) is 2. The molecule has 0 spiro atoms. The van der Waals surface area contributed by atoms with Gasteiger partial charge in [-0.05, 0) is 25.0 Å². The zero-order chi connectivity index (χ0) is 18.0. The zero-order valence-corrected chi connectivity index (χ0v) is 15.4. The third-order valence-electron chi connectivity index (χ3n) is 5.87. The SMILES string of the molecule is Cc1cccc(CCN2CC3CN(Cc4cncnc4)CC3(CO)C2)n1. The van der Waals surface area contributed by atoms with Gasteiger partial charge in [0.1, 0.15) is 6.33 Å². The highest BCUT2D eigenvalue weighted by molar-refractivity contribution is 5.11. The quantitative estimate of drug-likeness (QED) is 0.840. The van der Waals surface area contributed by atoms with Crippen molar-refractivity contribution in [2.24, 2.45) is 11.3 Å². The summed E-state index contributed by atoms with van der Waals surface area (Å²) in [5, 5.41) is 10.2. The van der Waals surface area contributed by atoms with Crippen molar-refractivity contribution in [3.63, 3.8) is 0 Å². The first-order valence-corrected chi connectivity index (χ1v) is 9.39. The maximum atomic E-state index is 10.2. The molecule has 0 bridgehead atoms. The van der Waals surface area contributed by atoms with Crippen LogP contribution in [0.5, 0.6) is 0 Å². The second kappa shape index (κ2) is 7.39. The lowest BCUT2D eigenvalue weighted by Gasteiger charge is -2.27. The molecule has 0 amide bonds. The molecule has 2 aliphatic heterocycles. The Hall–Kier alpha value is -1.89. The maximum Gasteiger partial charge on any atom is 0.115 e. The second-order valence-corrected chi connectivity index (χ2v) is 7.89. The van der Waals surface area contributed by atoms with Gasteiger partial charge in [-0.1, -0.05) is 6.07 Å². The van der Waals surface area contributed by atoms with E-state index in [-0.39, 0.29) is 12.0 Å². The first-order chi connectivity index (χ1) is 12.7. The largest absolute Gasteiger partial charge is 0.396 e. The molecule has 26 heavy (non-hydrogen) atoms. The van der Waals surface area contributed by atoms with E-state index in [0.29, 0.717) is 5.92 Å². The van der Waals surface area contributed by atoms with Crippen molar-refractivity contribution >= 4 is 0 Å². The van der Waals surface area contributed by atoms with Crippen LogP contribution in [0.4, 0.5) is 0 Å². The minimum absolute atomic E-state index is 0.00959. The third kappa shape index (κ3) is 3.63. The minimum Gasteiger partial charge on any atom is -0.396 e. The topological polar surface area (TPSA) is 65.4 Å². The van der Waals surface area contributed by atoms with Crippen molar-refractivity contribution in [1.82, 2.24) is 24.8 Å². The Bertz CT molecular complexity index is 740. The molecule has 6 heteroatoms. The van der Waals surface area contributed by atoms with Gasteiger partial charge >= 0.3 is 0 Å². The van der Waals surface area contributed by atoms with Crippen LogP contribution < -0.4 is 0 Å². The van der Waals surface area contributed by atoms with Crippen molar-refractivity contribution < 1.29 is 5.11 Å². The van der Waals surface area contributed by atoms with Gasteiger partial charge in [-0.3, -0.25) is 9.88 Å². The smallest absolute Gasteiger partial charge is 0.115 e. The number of aliphatic hydroxyl groups is 1. The van der Waals surface area contributed by atoms with Gasteiger partial charge in [0.15, 0.2) is 0 Å². The maximum absolute atomic E-state index is 10.2. The molecule has 1 N–H and O–H groups in total. The standard InChI is InChI=1S/C20H27N5O/c1-16-3-2-4-19(23-16)5-6-24-10-18-11-25(13-20(18,12-24)14-26)9-17-7-21-15-22-8-17/h2-4,7-8,15,18,26H,5-6,9-14H2,1H3. The summed E-state index contributed by atoms with van der Waals surface area (Å²) in [5.74, 6) is 0.530. The Morgan fingerprint density at radius 2 is 1.92 bits per heavy atom. The zero-order valence-electron chi connectivity index (χ0n) is 15.4. The molecule has 0 aromatic carbocycles. The Kier molecular flexibility index (Phi) is 4.98. The van der Waals surface area contributed by atoms with Gasteiger partial charge in [0, 0.05) is 80.4 Å². The van der Waals surface area contributed by atoms with Gasteiger partial charge in [-0.25, -0.2) is 9.97 Å². The number of pyridine rings is 1. The van der Waals surface area contributed by atoms with Crippen molar-refractivity contribution in [1.29, 1.82) is 0 Å². The van der Waals surface area contributed by atoms with E-state index in [1.165, 1.54) is 0 Å². The van der Waals surface area contributed by atoms with E-state index in [1.807, 2.05) is 25.4 Å². The van der Waals surface area contributed by atoms with Gasteiger partial charge in [0.25, 0.3) is 0 Å². The lowest BCUT2D eigenvalue weighted by atomic mass is 9.82. The fourth-order valence-electron chi connectivity index (χ4n) is 4.60. The number of aryl methyl sites for hydroxylation is 1. The summed E-state index contributed by atoms with van der Waals surface area (Å²) in [7, 11) is 0. The summed E-state index contributed by atoms with van der Waals surface area (Å²) in [4.78, 5) is 17.8. The monoisotopic (exact) mass is 353 g/mol. The molecule has 2 aliphatic rings. The number of fused-ring (bicyclic) bond motifs is 1. The van der Waals surface area contributed by atoms with E-state index in [4.69, 9.17) is 0 Å². The molecule has 2 aromatic rings. The Morgan fingerprint density at radius 1 is 1.15 bits per heavy atom. The fourth-order valence-corrected chi connectivity index (χ4v) is 4.60. The highest BCUT2D eigenvalue weighted by atomic mass is 16.3. The van der Waals surface area contributed by atoms with E-state index < -0.39 is 0 Å². The van der Waals surface area contributed by atoms with E-state index in [2.05, 4.69) is 36.9 Å². The number of aliphatic hydroxyl groups excluding tert-OH is 1. The number of rotatable bonds is 6. The molecule has 2 atom stereocenters. The van der Waals surface area contributed by atoms with Crippen LogP contribution in [0.15, 0.2) is 36.9 Å². The van der Waals surface area contributed by atoms with E-state index >= 15 is 0 Å². The molecular formula is C20H27N5O. The van der Waals surface area contributed by atoms with Crippen LogP contribution in [-0.4, -0.2) is 69.2 Å². The molecule has 2 aromatic heterocycles.